The highest BCUT2D eigenvalue weighted by atomic mass is 16.5. The molecular weight excluding hydrogens is 184 g/mol. The molecule has 0 spiro atoms. The molecule has 2 aromatic carbocycles. The Labute approximate surface area is 90.7 Å². The van der Waals surface area contributed by atoms with Crippen LogP contribution in [-0.4, -0.2) is 6.61 Å². The molecule has 0 aliphatic carbocycles. The maximum atomic E-state index is 5.62. The van der Waals surface area contributed by atoms with Gasteiger partial charge in [-0.3, -0.25) is 0 Å². The summed E-state index contributed by atoms with van der Waals surface area (Å²) in [5.41, 5.74) is 2.47. The van der Waals surface area contributed by atoms with Gasteiger partial charge < -0.3 is 4.74 Å². The van der Waals surface area contributed by atoms with Crippen molar-refractivity contribution in [2.75, 3.05) is 6.61 Å². The molecule has 0 heterocycles. The first-order chi connectivity index (χ1) is 7.24. The zero-order valence-electron chi connectivity index (χ0n) is 9.21. The Balaban J connectivity index is 2.77. The lowest BCUT2D eigenvalue weighted by Gasteiger charge is -2.13. The van der Waals surface area contributed by atoms with Crippen LogP contribution < -0.4 is 4.74 Å². The number of benzene rings is 2. The monoisotopic (exact) mass is 199 g/mol. The summed E-state index contributed by atoms with van der Waals surface area (Å²) in [6.45, 7) is 8.40. The Kier molecular flexibility index (Phi) is 2.63. The van der Waals surface area contributed by atoms with E-state index in [0.29, 0.717) is 6.61 Å². The molecule has 1 nitrogen and oxygen atoms in total. The van der Waals surface area contributed by atoms with Gasteiger partial charge in [-0.15, -0.1) is 0 Å². The van der Waals surface area contributed by atoms with E-state index in [2.05, 4.69) is 39.0 Å². The quantitative estimate of drug-likeness (QED) is 0.717. The second-order valence-electron chi connectivity index (χ2n) is 3.72. The molecule has 15 heavy (non-hydrogen) atoms. The second-order valence-corrected chi connectivity index (χ2v) is 3.72. The summed E-state index contributed by atoms with van der Waals surface area (Å²) in [6, 6.07) is 10.5. The van der Waals surface area contributed by atoms with Crippen molar-refractivity contribution < 1.29 is 4.74 Å². The lowest BCUT2D eigenvalue weighted by molar-refractivity contribution is 0.362. The summed E-state index contributed by atoms with van der Waals surface area (Å²) in [5, 5.41) is 2.40. The van der Waals surface area contributed by atoms with Crippen LogP contribution in [0.4, 0.5) is 0 Å². The summed E-state index contributed by atoms with van der Waals surface area (Å²) >= 11 is 0. The number of aryl methyl sites for hydroxylation is 1. The molecule has 0 N–H and O–H groups in total. The molecule has 0 aliphatic heterocycles. The number of hydrogen-bond acceptors (Lipinski definition) is 1. The van der Waals surface area contributed by atoms with E-state index in [-0.39, 0.29) is 0 Å². The van der Waals surface area contributed by atoms with Gasteiger partial charge in [-0.25, -0.2) is 0 Å². The smallest absolute Gasteiger partial charge is 0.130 e. The van der Waals surface area contributed by atoms with E-state index in [1.807, 2.05) is 12.1 Å². The Morgan fingerprint density at radius 1 is 1.20 bits per heavy atom. The molecule has 2 aromatic rings. The van der Waals surface area contributed by atoms with Crippen LogP contribution >= 0.6 is 0 Å². The van der Waals surface area contributed by atoms with Crippen molar-refractivity contribution in [2.24, 2.45) is 0 Å². The predicted molar refractivity (Wildman–Crippen MR) is 64.3 cm³/mol. The molecule has 0 bridgehead atoms. The topological polar surface area (TPSA) is 9.23 Å². The molecule has 0 unspecified atom stereocenters. The Morgan fingerprint density at radius 3 is 2.67 bits per heavy atom. The van der Waals surface area contributed by atoms with Crippen LogP contribution in [0.25, 0.3) is 10.8 Å². The van der Waals surface area contributed by atoms with Crippen LogP contribution in [-0.2, 0) is 0 Å². The molecule has 0 fully saturated rings. The summed E-state index contributed by atoms with van der Waals surface area (Å²) < 4.78 is 5.62. The molecule has 0 amide bonds. The van der Waals surface area contributed by atoms with Gasteiger partial charge in [0.25, 0.3) is 0 Å². The maximum absolute atomic E-state index is 5.62. The normalized spacial score (nSPS) is 10.6. The zero-order valence-corrected chi connectivity index (χ0v) is 9.21. The standard InChI is InChI=1S/C14H15O/c1-4-15-14-11(3)10(2)9-12-7-5-6-8-13(12)14/h5-9H,1,4H2,2-3H3. The van der Waals surface area contributed by atoms with E-state index in [1.165, 1.54) is 21.9 Å². The Bertz CT molecular complexity index is 486. The van der Waals surface area contributed by atoms with E-state index in [4.69, 9.17) is 4.74 Å². The number of fused-ring (bicyclic) bond motifs is 1. The predicted octanol–water partition coefficient (Wildman–Crippen LogP) is 3.67. The van der Waals surface area contributed by atoms with Crippen molar-refractivity contribution in [1.82, 2.24) is 0 Å². The van der Waals surface area contributed by atoms with Gasteiger partial charge in [-0.2, -0.15) is 0 Å². The van der Waals surface area contributed by atoms with Crippen molar-refractivity contribution in [3.05, 3.63) is 48.4 Å². The van der Waals surface area contributed by atoms with Crippen LogP contribution in [0.3, 0.4) is 0 Å². The summed E-state index contributed by atoms with van der Waals surface area (Å²) in [6.07, 6.45) is 0. The Hall–Kier alpha value is -1.50. The van der Waals surface area contributed by atoms with E-state index < -0.39 is 0 Å². The third-order valence-corrected chi connectivity index (χ3v) is 2.76. The first kappa shape index (κ1) is 10.0. The highest BCUT2D eigenvalue weighted by Gasteiger charge is 2.07. The number of rotatable bonds is 2. The molecule has 1 radical (unpaired) electrons. The lowest BCUT2D eigenvalue weighted by atomic mass is 10.0. The number of ether oxygens (including phenoxy) is 1. The van der Waals surface area contributed by atoms with Gasteiger partial charge in [0.2, 0.25) is 0 Å². The molecule has 0 aliphatic rings. The van der Waals surface area contributed by atoms with Crippen LogP contribution in [0.1, 0.15) is 11.1 Å². The first-order valence-electron chi connectivity index (χ1n) is 5.15. The summed E-state index contributed by atoms with van der Waals surface area (Å²) in [7, 11) is 0. The van der Waals surface area contributed by atoms with E-state index in [9.17, 15) is 0 Å². The van der Waals surface area contributed by atoms with Gasteiger partial charge >= 0.3 is 0 Å². The Morgan fingerprint density at radius 2 is 1.93 bits per heavy atom. The van der Waals surface area contributed by atoms with Crippen molar-refractivity contribution >= 4 is 10.8 Å². The van der Waals surface area contributed by atoms with Gasteiger partial charge in [0.05, 0.1) is 6.61 Å². The average molecular weight is 199 g/mol. The van der Waals surface area contributed by atoms with Crippen LogP contribution in [0.2, 0.25) is 0 Å². The van der Waals surface area contributed by atoms with Crippen molar-refractivity contribution in [3.63, 3.8) is 0 Å². The minimum Gasteiger partial charge on any atom is -0.493 e. The molecule has 0 atom stereocenters. The van der Waals surface area contributed by atoms with E-state index in [0.717, 1.165) is 5.75 Å². The average Bonchev–Trinajstić information content (AvgIpc) is 2.25. The second kappa shape index (κ2) is 3.93. The third kappa shape index (κ3) is 1.70. The molecule has 0 saturated heterocycles. The molecule has 1 heteroatoms. The first-order valence-corrected chi connectivity index (χ1v) is 5.15. The summed E-state index contributed by atoms with van der Waals surface area (Å²) in [4.78, 5) is 0. The van der Waals surface area contributed by atoms with Crippen LogP contribution in [0.5, 0.6) is 5.75 Å². The minimum absolute atomic E-state index is 0.467. The third-order valence-electron chi connectivity index (χ3n) is 2.76. The zero-order chi connectivity index (χ0) is 10.8. The minimum atomic E-state index is 0.467. The summed E-state index contributed by atoms with van der Waals surface area (Å²) in [5.74, 6) is 0.973. The van der Waals surface area contributed by atoms with Gasteiger partial charge in [-0.1, -0.05) is 30.3 Å². The molecule has 2 rings (SSSR count). The number of hydrogen-bond donors (Lipinski definition) is 0. The molecule has 0 saturated carbocycles. The molecular formula is C14H15O. The molecule has 0 aromatic heterocycles. The fraction of sp³-hybridized carbons (Fsp3) is 0.214. The van der Waals surface area contributed by atoms with E-state index in [1.54, 1.807) is 0 Å². The van der Waals surface area contributed by atoms with Crippen molar-refractivity contribution in [3.8, 4) is 5.75 Å². The van der Waals surface area contributed by atoms with Gasteiger partial charge in [-0.05, 0) is 37.3 Å². The van der Waals surface area contributed by atoms with Crippen LogP contribution in [0, 0.1) is 20.8 Å². The van der Waals surface area contributed by atoms with Crippen LogP contribution in [0.15, 0.2) is 30.3 Å². The highest BCUT2D eigenvalue weighted by Crippen LogP contribution is 2.31. The maximum Gasteiger partial charge on any atom is 0.130 e. The van der Waals surface area contributed by atoms with Crippen molar-refractivity contribution in [2.45, 2.75) is 13.8 Å². The van der Waals surface area contributed by atoms with Gasteiger partial charge in [0.1, 0.15) is 5.75 Å². The lowest BCUT2D eigenvalue weighted by Crippen LogP contribution is -1.97. The SMILES string of the molecule is [CH2]COc1c(C)c(C)cc2ccccc12. The fourth-order valence-electron chi connectivity index (χ4n) is 1.84. The van der Waals surface area contributed by atoms with Gasteiger partial charge in [0, 0.05) is 5.39 Å². The highest BCUT2D eigenvalue weighted by molar-refractivity contribution is 5.90. The van der Waals surface area contributed by atoms with Crippen molar-refractivity contribution in [1.29, 1.82) is 0 Å². The van der Waals surface area contributed by atoms with Gasteiger partial charge in [0.15, 0.2) is 0 Å². The largest absolute Gasteiger partial charge is 0.493 e. The molecule has 77 valence electrons. The fourth-order valence-corrected chi connectivity index (χ4v) is 1.84. The van der Waals surface area contributed by atoms with E-state index >= 15 is 0 Å².